The summed E-state index contributed by atoms with van der Waals surface area (Å²) >= 11 is 0. The summed E-state index contributed by atoms with van der Waals surface area (Å²) in [4.78, 5) is 23.0. The summed E-state index contributed by atoms with van der Waals surface area (Å²) < 4.78 is 10.6. The van der Waals surface area contributed by atoms with Crippen molar-refractivity contribution in [3.8, 4) is 0 Å². The Morgan fingerprint density at radius 2 is 1.89 bits per heavy atom. The van der Waals surface area contributed by atoms with Crippen LogP contribution in [0.1, 0.15) is 39.0 Å². The van der Waals surface area contributed by atoms with Gasteiger partial charge in [-0.2, -0.15) is 0 Å². The fourth-order valence-corrected chi connectivity index (χ4v) is 2.68. The Morgan fingerprint density at radius 3 is 2.42 bits per heavy atom. The second kappa shape index (κ2) is 5.88. The van der Waals surface area contributed by atoms with Gasteiger partial charge in [-0.3, -0.25) is 4.79 Å². The number of nitrogens with one attached hydrogen (secondary N) is 1. The summed E-state index contributed by atoms with van der Waals surface area (Å²) in [5, 5.41) is 11.9. The zero-order chi connectivity index (χ0) is 13.9. The number of carboxylic acid groups (broad SMARTS) is 1. The predicted molar refractivity (Wildman–Crippen MR) is 66.7 cm³/mol. The van der Waals surface area contributed by atoms with Crippen molar-refractivity contribution in [2.75, 3.05) is 13.2 Å². The molecule has 2 atom stereocenters. The van der Waals surface area contributed by atoms with Gasteiger partial charge in [0.2, 0.25) is 5.91 Å². The Balaban J connectivity index is 1.91. The maximum absolute atomic E-state index is 12.2. The minimum atomic E-state index is -0.994. The maximum Gasteiger partial charge on any atom is 0.332 e. The zero-order valence-electron chi connectivity index (χ0n) is 11.2. The second-order valence-corrected chi connectivity index (χ2v) is 5.26. The van der Waals surface area contributed by atoms with Gasteiger partial charge in [0.15, 0.2) is 6.10 Å². The van der Waals surface area contributed by atoms with Crippen LogP contribution in [0.3, 0.4) is 0 Å². The van der Waals surface area contributed by atoms with Crippen LogP contribution in [0.4, 0.5) is 0 Å². The van der Waals surface area contributed by atoms with Crippen molar-refractivity contribution in [2.24, 2.45) is 0 Å². The van der Waals surface area contributed by atoms with Gasteiger partial charge in [0.05, 0.1) is 0 Å². The van der Waals surface area contributed by atoms with Gasteiger partial charge in [-0.05, 0) is 32.1 Å². The van der Waals surface area contributed by atoms with E-state index in [4.69, 9.17) is 14.6 Å². The Kier molecular flexibility index (Phi) is 4.42. The Morgan fingerprint density at radius 1 is 1.26 bits per heavy atom. The van der Waals surface area contributed by atoms with Gasteiger partial charge in [-0.25, -0.2) is 4.79 Å². The highest BCUT2D eigenvalue weighted by Gasteiger charge is 2.39. The number of carboxylic acids is 1. The molecule has 0 aromatic heterocycles. The highest BCUT2D eigenvalue weighted by atomic mass is 16.5. The fraction of sp³-hybridized carbons (Fsp3) is 0.846. The van der Waals surface area contributed by atoms with Crippen LogP contribution in [0.15, 0.2) is 0 Å². The maximum atomic E-state index is 12.2. The van der Waals surface area contributed by atoms with Crippen molar-refractivity contribution in [3.63, 3.8) is 0 Å². The van der Waals surface area contributed by atoms with Gasteiger partial charge < -0.3 is 19.9 Å². The second-order valence-electron chi connectivity index (χ2n) is 5.26. The van der Waals surface area contributed by atoms with E-state index in [1.165, 1.54) is 0 Å². The molecule has 2 N–H and O–H groups in total. The SMILES string of the molecule is CCC1(NC(=O)[C@@H]2CC[C@H](C(=O)O)O2)CCOCC1. The molecule has 19 heavy (non-hydrogen) atoms. The number of rotatable bonds is 4. The van der Waals surface area contributed by atoms with E-state index < -0.39 is 18.2 Å². The molecular formula is C13H21NO5. The lowest BCUT2D eigenvalue weighted by molar-refractivity contribution is -0.152. The third-order valence-corrected chi connectivity index (χ3v) is 4.10. The van der Waals surface area contributed by atoms with Gasteiger partial charge in [-0.15, -0.1) is 0 Å². The lowest BCUT2D eigenvalue weighted by atomic mass is 9.87. The van der Waals surface area contributed by atoms with Gasteiger partial charge in [0.25, 0.3) is 0 Å². The molecule has 2 aliphatic heterocycles. The van der Waals surface area contributed by atoms with Gasteiger partial charge >= 0.3 is 5.97 Å². The fourth-order valence-electron chi connectivity index (χ4n) is 2.68. The van der Waals surface area contributed by atoms with Crippen LogP contribution in [-0.2, 0) is 19.1 Å². The lowest BCUT2D eigenvalue weighted by Gasteiger charge is -2.37. The standard InChI is InChI=1S/C13H21NO5/c1-2-13(5-7-18-8-6-13)14-11(15)9-3-4-10(19-9)12(16)17/h9-10H,2-8H2,1H3,(H,14,15)(H,16,17)/t9-,10+/m0/s1. The van der Waals surface area contributed by atoms with Gasteiger partial charge in [0.1, 0.15) is 6.10 Å². The number of hydrogen-bond donors (Lipinski definition) is 2. The minimum Gasteiger partial charge on any atom is -0.479 e. The third kappa shape index (κ3) is 3.25. The van der Waals surface area contributed by atoms with Crippen molar-refractivity contribution in [1.82, 2.24) is 5.32 Å². The monoisotopic (exact) mass is 271 g/mol. The summed E-state index contributed by atoms with van der Waals surface area (Å²) in [5.74, 6) is -1.18. The van der Waals surface area contributed by atoms with Crippen LogP contribution in [0.25, 0.3) is 0 Å². The predicted octanol–water partition coefficient (Wildman–Crippen LogP) is 0.694. The molecule has 2 saturated heterocycles. The molecule has 6 heteroatoms. The van der Waals surface area contributed by atoms with E-state index >= 15 is 0 Å². The quantitative estimate of drug-likeness (QED) is 0.786. The lowest BCUT2D eigenvalue weighted by Crippen LogP contribution is -2.54. The van der Waals surface area contributed by atoms with E-state index in [1.54, 1.807) is 0 Å². The van der Waals surface area contributed by atoms with Gasteiger partial charge in [-0.1, -0.05) is 6.92 Å². The van der Waals surface area contributed by atoms with Crippen LogP contribution in [-0.4, -0.2) is 47.9 Å². The number of aliphatic carboxylic acids is 1. The smallest absolute Gasteiger partial charge is 0.332 e. The summed E-state index contributed by atoms with van der Waals surface area (Å²) in [6.45, 7) is 3.34. The summed E-state index contributed by atoms with van der Waals surface area (Å²) in [7, 11) is 0. The van der Waals surface area contributed by atoms with Crippen LogP contribution < -0.4 is 5.32 Å². The molecule has 0 spiro atoms. The average Bonchev–Trinajstić information content (AvgIpc) is 2.89. The summed E-state index contributed by atoms with van der Waals surface area (Å²) in [5.41, 5.74) is -0.222. The van der Waals surface area contributed by atoms with Crippen molar-refractivity contribution < 1.29 is 24.2 Å². The van der Waals surface area contributed by atoms with Crippen LogP contribution >= 0.6 is 0 Å². The average molecular weight is 271 g/mol. The third-order valence-electron chi connectivity index (χ3n) is 4.10. The first-order valence-electron chi connectivity index (χ1n) is 6.84. The number of amides is 1. The number of carbonyl (C=O) groups excluding carboxylic acids is 1. The Bertz CT molecular complexity index is 351. The molecule has 0 aliphatic carbocycles. The Labute approximate surface area is 112 Å². The molecule has 2 heterocycles. The zero-order valence-corrected chi connectivity index (χ0v) is 11.2. The molecule has 1 amide bonds. The first kappa shape index (κ1) is 14.3. The number of carbonyl (C=O) groups is 2. The Hall–Kier alpha value is -1.14. The van der Waals surface area contributed by atoms with Crippen molar-refractivity contribution >= 4 is 11.9 Å². The van der Waals surface area contributed by atoms with E-state index in [9.17, 15) is 9.59 Å². The summed E-state index contributed by atoms with van der Waals surface area (Å²) in [6, 6.07) is 0. The highest BCUT2D eigenvalue weighted by molar-refractivity contribution is 5.83. The van der Waals surface area contributed by atoms with E-state index in [0.717, 1.165) is 19.3 Å². The molecule has 0 aromatic rings. The molecule has 6 nitrogen and oxygen atoms in total. The first-order valence-corrected chi connectivity index (χ1v) is 6.84. The van der Waals surface area contributed by atoms with E-state index in [0.29, 0.717) is 26.1 Å². The van der Waals surface area contributed by atoms with Gasteiger partial charge in [0, 0.05) is 18.8 Å². The molecule has 0 radical (unpaired) electrons. The molecule has 0 aromatic carbocycles. The molecule has 108 valence electrons. The van der Waals surface area contributed by atoms with E-state index in [1.807, 2.05) is 6.92 Å². The number of ether oxygens (including phenoxy) is 2. The van der Waals surface area contributed by atoms with Crippen LogP contribution in [0.5, 0.6) is 0 Å². The van der Waals surface area contributed by atoms with Crippen LogP contribution in [0.2, 0.25) is 0 Å². The molecule has 2 fully saturated rings. The molecule has 2 rings (SSSR count). The topological polar surface area (TPSA) is 84.9 Å². The summed E-state index contributed by atoms with van der Waals surface area (Å²) in [6.07, 6.45) is 1.83. The van der Waals surface area contributed by atoms with E-state index in [-0.39, 0.29) is 11.4 Å². The molecule has 0 bridgehead atoms. The highest BCUT2D eigenvalue weighted by Crippen LogP contribution is 2.26. The minimum absolute atomic E-state index is 0.187. The molecule has 2 aliphatic rings. The molecule has 0 saturated carbocycles. The van der Waals surface area contributed by atoms with Crippen LogP contribution in [0, 0.1) is 0 Å². The van der Waals surface area contributed by atoms with Crippen molar-refractivity contribution in [1.29, 1.82) is 0 Å². The van der Waals surface area contributed by atoms with Crippen molar-refractivity contribution in [2.45, 2.75) is 56.8 Å². The van der Waals surface area contributed by atoms with E-state index in [2.05, 4.69) is 5.32 Å². The normalized spacial score (nSPS) is 29.9. The molecule has 0 unspecified atom stereocenters. The first-order chi connectivity index (χ1) is 9.06. The number of hydrogen-bond acceptors (Lipinski definition) is 4. The largest absolute Gasteiger partial charge is 0.479 e. The van der Waals surface area contributed by atoms with Crippen molar-refractivity contribution in [3.05, 3.63) is 0 Å². The molecular weight excluding hydrogens is 250 g/mol.